The van der Waals surface area contributed by atoms with Crippen LogP contribution in [0.5, 0.6) is 5.75 Å². The Bertz CT molecular complexity index is 1370. The molecule has 8 nitrogen and oxygen atoms in total. The number of hydrogen-bond acceptors (Lipinski definition) is 5. The predicted molar refractivity (Wildman–Crippen MR) is 133 cm³/mol. The third-order valence-corrected chi connectivity index (χ3v) is 6.42. The van der Waals surface area contributed by atoms with E-state index in [1.54, 1.807) is 44.4 Å². The van der Waals surface area contributed by atoms with Crippen molar-refractivity contribution in [2.75, 3.05) is 32.1 Å². The molecular weight excluding hydrogens is 458 g/mol. The lowest BCUT2D eigenvalue weighted by atomic mass is 10.0. The molecule has 8 heteroatoms. The summed E-state index contributed by atoms with van der Waals surface area (Å²) in [6.07, 6.45) is -0.311. The average Bonchev–Trinajstić information content (AvgIpc) is 3.14. The molecular formula is C28H25N3O5. The molecule has 0 N–H and O–H groups in total. The van der Waals surface area contributed by atoms with E-state index in [-0.39, 0.29) is 47.5 Å². The van der Waals surface area contributed by atoms with Crippen LogP contribution in [0.3, 0.4) is 0 Å². The third-order valence-electron chi connectivity index (χ3n) is 6.42. The maximum absolute atomic E-state index is 13.6. The Balaban J connectivity index is 1.41. The Morgan fingerprint density at radius 2 is 1.61 bits per heavy atom. The Kier molecular flexibility index (Phi) is 6.01. The minimum Gasteiger partial charge on any atom is -0.476 e. The fourth-order valence-corrected chi connectivity index (χ4v) is 4.51. The number of fused-ring (bicyclic) bond motifs is 2. The van der Waals surface area contributed by atoms with Gasteiger partial charge in [0.1, 0.15) is 5.75 Å². The SMILES string of the molecule is CN(C)C(=O)[C@@H]1CN(C(=O)c2ccc3c(c2)C(=O)N(CCc2ccccc2)C3=O)c2ccccc2O1. The highest BCUT2D eigenvalue weighted by atomic mass is 16.5. The first-order chi connectivity index (χ1) is 17.3. The number of amides is 4. The molecule has 1 atom stereocenters. The number of nitrogens with zero attached hydrogens (tertiary/aromatic N) is 3. The van der Waals surface area contributed by atoms with Gasteiger partial charge in [-0.05, 0) is 42.3 Å². The Morgan fingerprint density at radius 1 is 0.917 bits per heavy atom. The number of carbonyl (C=O) groups is 4. The van der Waals surface area contributed by atoms with Crippen molar-refractivity contribution in [3.8, 4) is 5.75 Å². The number of rotatable bonds is 5. The van der Waals surface area contributed by atoms with Crippen LogP contribution in [0.25, 0.3) is 0 Å². The molecule has 0 aromatic heterocycles. The summed E-state index contributed by atoms with van der Waals surface area (Å²) in [5, 5.41) is 0. The predicted octanol–water partition coefficient (Wildman–Crippen LogP) is 3.02. The lowest BCUT2D eigenvalue weighted by molar-refractivity contribution is -0.135. The van der Waals surface area contributed by atoms with E-state index >= 15 is 0 Å². The van der Waals surface area contributed by atoms with Crippen molar-refractivity contribution in [1.29, 1.82) is 0 Å². The molecule has 0 bridgehead atoms. The molecule has 2 aliphatic heterocycles. The second-order valence-corrected chi connectivity index (χ2v) is 8.98. The van der Waals surface area contributed by atoms with E-state index in [4.69, 9.17) is 4.74 Å². The van der Waals surface area contributed by atoms with Crippen molar-refractivity contribution in [1.82, 2.24) is 9.80 Å². The number of benzene rings is 3. The van der Waals surface area contributed by atoms with Gasteiger partial charge in [0.2, 0.25) is 0 Å². The topological polar surface area (TPSA) is 87.2 Å². The first-order valence-corrected chi connectivity index (χ1v) is 11.7. The van der Waals surface area contributed by atoms with Crippen LogP contribution in [0.2, 0.25) is 0 Å². The second kappa shape index (κ2) is 9.30. The van der Waals surface area contributed by atoms with Crippen molar-refractivity contribution < 1.29 is 23.9 Å². The maximum atomic E-state index is 13.6. The van der Waals surface area contributed by atoms with Gasteiger partial charge in [0.25, 0.3) is 23.6 Å². The van der Waals surface area contributed by atoms with E-state index in [0.717, 1.165) is 5.56 Å². The van der Waals surface area contributed by atoms with Gasteiger partial charge in [0.05, 0.1) is 23.4 Å². The van der Waals surface area contributed by atoms with Crippen LogP contribution in [0, 0.1) is 0 Å². The van der Waals surface area contributed by atoms with Gasteiger partial charge in [0, 0.05) is 26.2 Å². The van der Waals surface area contributed by atoms with E-state index in [2.05, 4.69) is 0 Å². The molecule has 0 aliphatic carbocycles. The van der Waals surface area contributed by atoms with E-state index in [9.17, 15) is 19.2 Å². The van der Waals surface area contributed by atoms with Gasteiger partial charge in [-0.15, -0.1) is 0 Å². The van der Waals surface area contributed by atoms with Gasteiger partial charge in [-0.2, -0.15) is 0 Å². The number of anilines is 1. The minimum atomic E-state index is -0.857. The van der Waals surface area contributed by atoms with Gasteiger partial charge >= 0.3 is 0 Å². The molecule has 4 amide bonds. The molecule has 5 rings (SSSR count). The Morgan fingerprint density at radius 3 is 2.36 bits per heavy atom. The van der Waals surface area contributed by atoms with Gasteiger partial charge in [-0.25, -0.2) is 0 Å². The third kappa shape index (κ3) is 4.11. The van der Waals surface area contributed by atoms with Crippen molar-refractivity contribution in [2.45, 2.75) is 12.5 Å². The number of hydrogen-bond donors (Lipinski definition) is 0. The highest BCUT2D eigenvalue weighted by molar-refractivity contribution is 6.22. The molecule has 0 saturated heterocycles. The van der Waals surface area contributed by atoms with Crippen LogP contribution in [-0.4, -0.2) is 66.7 Å². The Labute approximate surface area is 208 Å². The highest BCUT2D eigenvalue weighted by Gasteiger charge is 2.38. The smallest absolute Gasteiger partial charge is 0.265 e. The summed E-state index contributed by atoms with van der Waals surface area (Å²) in [4.78, 5) is 56.4. The molecule has 3 aromatic carbocycles. The zero-order valence-electron chi connectivity index (χ0n) is 20.0. The summed E-state index contributed by atoms with van der Waals surface area (Å²) in [5.41, 5.74) is 2.32. The normalized spacial score (nSPS) is 16.3. The van der Waals surface area contributed by atoms with E-state index in [0.29, 0.717) is 17.9 Å². The lowest BCUT2D eigenvalue weighted by Gasteiger charge is -2.35. The quantitative estimate of drug-likeness (QED) is 0.521. The molecule has 0 unspecified atom stereocenters. The molecule has 2 aliphatic rings. The molecule has 0 fully saturated rings. The molecule has 0 spiro atoms. The number of ether oxygens (including phenoxy) is 1. The van der Waals surface area contributed by atoms with Crippen molar-refractivity contribution in [3.63, 3.8) is 0 Å². The fraction of sp³-hybridized carbons (Fsp3) is 0.214. The first-order valence-electron chi connectivity index (χ1n) is 11.7. The number of likely N-dealkylation sites (N-methyl/N-ethyl adjacent to an activating group) is 1. The summed E-state index contributed by atoms with van der Waals surface area (Å²) in [6.45, 7) is 0.283. The largest absolute Gasteiger partial charge is 0.476 e. The van der Waals surface area contributed by atoms with Gasteiger partial charge in [-0.3, -0.25) is 24.1 Å². The lowest BCUT2D eigenvalue weighted by Crippen LogP contribution is -2.50. The monoisotopic (exact) mass is 483 g/mol. The summed E-state index contributed by atoms with van der Waals surface area (Å²) in [6, 6.07) is 21.2. The summed E-state index contributed by atoms with van der Waals surface area (Å²) in [7, 11) is 3.26. The molecule has 3 aromatic rings. The first kappa shape index (κ1) is 23.3. The molecule has 0 radical (unpaired) electrons. The number of para-hydroxylation sites is 2. The summed E-state index contributed by atoms with van der Waals surface area (Å²) < 4.78 is 5.86. The fourth-order valence-electron chi connectivity index (χ4n) is 4.51. The second-order valence-electron chi connectivity index (χ2n) is 8.98. The zero-order chi connectivity index (χ0) is 25.4. The van der Waals surface area contributed by atoms with Crippen LogP contribution in [-0.2, 0) is 11.2 Å². The van der Waals surface area contributed by atoms with Crippen LogP contribution < -0.4 is 9.64 Å². The average molecular weight is 484 g/mol. The van der Waals surface area contributed by atoms with Crippen molar-refractivity contribution in [2.24, 2.45) is 0 Å². The number of carbonyl (C=O) groups excluding carboxylic acids is 4. The number of imide groups is 1. The molecule has 0 saturated carbocycles. The van der Waals surface area contributed by atoms with Crippen LogP contribution in [0.15, 0.2) is 72.8 Å². The summed E-state index contributed by atoms with van der Waals surface area (Å²) >= 11 is 0. The standard InChI is InChI=1S/C28H25N3O5/c1-29(2)28(35)24-17-31(22-10-6-7-11-23(22)36-24)25(32)19-12-13-20-21(16-19)27(34)30(26(20)33)15-14-18-8-4-3-5-9-18/h3-13,16,24H,14-15,17H2,1-2H3/t24-/m0/s1. The minimum absolute atomic E-state index is 0.0278. The van der Waals surface area contributed by atoms with Crippen molar-refractivity contribution in [3.05, 3.63) is 95.1 Å². The Hall–Kier alpha value is -4.46. The van der Waals surface area contributed by atoms with Gasteiger partial charge in [0.15, 0.2) is 6.10 Å². The van der Waals surface area contributed by atoms with Crippen LogP contribution >= 0.6 is 0 Å². The van der Waals surface area contributed by atoms with E-state index < -0.39 is 12.0 Å². The summed E-state index contributed by atoms with van der Waals surface area (Å²) in [5.74, 6) is -0.988. The van der Waals surface area contributed by atoms with E-state index in [1.807, 2.05) is 30.3 Å². The van der Waals surface area contributed by atoms with Gasteiger partial charge in [-0.1, -0.05) is 42.5 Å². The molecule has 182 valence electrons. The highest BCUT2D eigenvalue weighted by Crippen LogP contribution is 2.35. The van der Waals surface area contributed by atoms with Crippen LogP contribution in [0.4, 0.5) is 5.69 Å². The van der Waals surface area contributed by atoms with Crippen molar-refractivity contribution >= 4 is 29.3 Å². The zero-order valence-corrected chi connectivity index (χ0v) is 20.0. The van der Waals surface area contributed by atoms with Crippen LogP contribution in [0.1, 0.15) is 36.6 Å². The van der Waals surface area contributed by atoms with Gasteiger partial charge < -0.3 is 14.5 Å². The molecule has 2 heterocycles. The maximum Gasteiger partial charge on any atom is 0.265 e. The molecule has 36 heavy (non-hydrogen) atoms. The van der Waals surface area contributed by atoms with E-state index in [1.165, 1.54) is 26.8 Å².